The van der Waals surface area contributed by atoms with Gasteiger partial charge in [0.05, 0.1) is 0 Å². The fourth-order valence-corrected chi connectivity index (χ4v) is 1.06. The van der Waals surface area contributed by atoms with Crippen LogP contribution in [0.1, 0.15) is 11.1 Å². The third kappa shape index (κ3) is 5.93. The van der Waals surface area contributed by atoms with Crippen molar-refractivity contribution in [3.63, 3.8) is 0 Å². The predicted octanol–water partition coefficient (Wildman–Crippen LogP) is 1.81. The summed E-state index contributed by atoms with van der Waals surface area (Å²) in [4.78, 5) is 0. The lowest BCUT2D eigenvalue weighted by atomic mass is 10.2. The smallest absolute Gasteiger partial charge is 0.0233 e. The quantitative estimate of drug-likeness (QED) is 0.727. The maximum atomic E-state index is 8.78. The number of aryl methyl sites for hydroxylation is 2. The van der Waals surface area contributed by atoms with E-state index >= 15 is 0 Å². The molecule has 1 rings (SSSR count). The Morgan fingerprint density at radius 3 is 1.92 bits per heavy atom. The fraction of sp³-hybridized carbons (Fsp3) is 0.250. The highest BCUT2D eigenvalue weighted by atomic mass is 79.9. The summed E-state index contributed by atoms with van der Waals surface area (Å²) in [5.41, 5.74) is 2.60. The van der Waals surface area contributed by atoms with E-state index < -0.39 is 11.3 Å². The second-order valence-corrected chi connectivity index (χ2v) is 3.78. The zero-order valence-corrected chi connectivity index (χ0v) is 9.81. The summed E-state index contributed by atoms with van der Waals surface area (Å²) in [5, 5.41) is 4.03. The molecule has 0 aliphatic heterocycles. The highest BCUT2D eigenvalue weighted by molar-refractivity contribution is 9.10. The molecule has 5 heteroatoms. The summed E-state index contributed by atoms with van der Waals surface area (Å²) in [5.74, 6) is 0. The molecule has 0 saturated carbocycles. The van der Waals surface area contributed by atoms with Gasteiger partial charge in [-0.15, -0.1) is 0 Å². The SMILES string of the molecule is Cc1cccc(C)c1Br.NS(=O)[O-]. The summed E-state index contributed by atoms with van der Waals surface area (Å²) in [6.07, 6.45) is 0. The molecule has 0 aliphatic carbocycles. The number of nitrogens with two attached hydrogens (primary N) is 1. The van der Waals surface area contributed by atoms with Crippen LogP contribution in [0, 0.1) is 13.8 Å². The zero-order chi connectivity index (χ0) is 10.4. The van der Waals surface area contributed by atoms with Crippen LogP contribution in [0.15, 0.2) is 22.7 Å². The Kier molecular flexibility index (Phi) is 6.15. The standard InChI is InChI=1S/C8H9Br.H3NO2S/c1-6-4-3-5-7(2)8(6)9;1-4(2)3/h3-5H,1-2H3;1H2,(H,2,3)/p-1. The number of hydrogen-bond donors (Lipinski definition) is 1. The first-order valence-corrected chi connectivity index (χ1v) is 5.43. The van der Waals surface area contributed by atoms with E-state index in [0.717, 1.165) is 0 Å². The minimum atomic E-state index is -2.36. The predicted molar refractivity (Wildman–Crippen MR) is 56.7 cm³/mol. The van der Waals surface area contributed by atoms with Crippen molar-refractivity contribution in [2.45, 2.75) is 13.8 Å². The highest BCUT2D eigenvalue weighted by Gasteiger charge is 1.93. The van der Waals surface area contributed by atoms with Crippen molar-refractivity contribution >= 4 is 27.2 Å². The third-order valence-corrected chi connectivity index (χ3v) is 2.64. The van der Waals surface area contributed by atoms with E-state index in [-0.39, 0.29) is 0 Å². The van der Waals surface area contributed by atoms with E-state index in [0.29, 0.717) is 0 Å². The van der Waals surface area contributed by atoms with Crippen LogP contribution in [0.2, 0.25) is 0 Å². The van der Waals surface area contributed by atoms with Crippen LogP contribution >= 0.6 is 15.9 Å². The number of rotatable bonds is 0. The van der Waals surface area contributed by atoms with E-state index in [1.165, 1.54) is 15.6 Å². The first-order valence-electron chi connectivity index (χ1n) is 3.50. The molecule has 0 aliphatic rings. The van der Waals surface area contributed by atoms with Gasteiger partial charge in [0, 0.05) is 15.7 Å². The summed E-state index contributed by atoms with van der Waals surface area (Å²) < 4.78 is 18.8. The normalized spacial score (nSPS) is 11.5. The van der Waals surface area contributed by atoms with Gasteiger partial charge in [-0.3, -0.25) is 9.35 Å². The molecule has 0 saturated heterocycles. The first kappa shape index (κ1) is 12.8. The first-order chi connectivity index (χ1) is 5.95. The van der Waals surface area contributed by atoms with Crippen molar-refractivity contribution in [3.8, 4) is 0 Å². The zero-order valence-electron chi connectivity index (χ0n) is 7.41. The number of benzene rings is 1. The van der Waals surface area contributed by atoms with Gasteiger partial charge >= 0.3 is 0 Å². The maximum absolute atomic E-state index is 8.78. The molecular formula is C8H11BrNO2S-. The van der Waals surface area contributed by atoms with E-state index in [4.69, 9.17) is 8.76 Å². The molecule has 1 unspecified atom stereocenters. The van der Waals surface area contributed by atoms with Gasteiger partial charge in [-0.25, -0.2) is 0 Å². The lowest BCUT2D eigenvalue weighted by molar-refractivity contribution is 0.539. The van der Waals surface area contributed by atoms with Crippen molar-refractivity contribution in [1.82, 2.24) is 0 Å². The van der Waals surface area contributed by atoms with Gasteiger partial charge in [0.2, 0.25) is 0 Å². The number of halogens is 1. The van der Waals surface area contributed by atoms with E-state index in [2.05, 4.69) is 53.1 Å². The molecule has 3 nitrogen and oxygen atoms in total. The van der Waals surface area contributed by atoms with Crippen molar-refractivity contribution in [1.29, 1.82) is 0 Å². The van der Waals surface area contributed by atoms with E-state index in [9.17, 15) is 0 Å². The average Bonchev–Trinajstić information content (AvgIpc) is 1.99. The minimum absolute atomic E-state index is 1.23. The molecule has 0 fully saturated rings. The Labute approximate surface area is 88.9 Å². The second kappa shape index (κ2) is 6.26. The molecule has 1 aromatic carbocycles. The minimum Gasteiger partial charge on any atom is -0.760 e. The average molecular weight is 265 g/mol. The van der Waals surface area contributed by atoms with Crippen molar-refractivity contribution in [2.75, 3.05) is 0 Å². The van der Waals surface area contributed by atoms with Crippen LogP contribution in [0.25, 0.3) is 0 Å². The summed E-state index contributed by atoms with van der Waals surface area (Å²) in [6.45, 7) is 4.19. The molecule has 0 heterocycles. The fourth-order valence-electron chi connectivity index (χ4n) is 0.794. The van der Waals surface area contributed by atoms with Crippen LogP contribution in [-0.2, 0) is 11.3 Å². The lowest BCUT2D eigenvalue weighted by Crippen LogP contribution is -1.97. The molecule has 1 aromatic rings. The van der Waals surface area contributed by atoms with Crippen LogP contribution in [0.4, 0.5) is 0 Å². The van der Waals surface area contributed by atoms with Crippen LogP contribution in [-0.4, -0.2) is 8.76 Å². The molecular weight excluding hydrogens is 254 g/mol. The topological polar surface area (TPSA) is 66.2 Å². The van der Waals surface area contributed by atoms with Crippen molar-refractivity contribution in [2.24, 2.45) is 5.14 Å². The molecule has 0 bridgehead atoms. The Morgan fingerprint density at radius 2 is 1.69 bits per heavy atom. The third-order valence-electron chi connectivity index (χ3n) is 1.38. The monoisotopic (exact) mass is 264 g/mol. The van der Waals surface area contributed by atoms with Crippen LogP contribution in [0.5, 0.6) is 0 Å². The molecule has 74 valence electrons. The summed E-state index contributed by atoms with van der Waals surface area (Å²) >= 11 is 1.12. The molecule has 0 radical (unpaired) electrons. The van der Waals surface area contributed by atoms with Crippen LogP contribution in [0.3, 0.4) is 0 Å². The molecule has 13 heavy (non-hydrogen) atoms. The Bertz CT molecular complexity index is 280. The summed E-state index contributed by atoms with van der Waals surface area (Å²) in [6, 6.07) is 6.25. The highest BCUT2D eigenvalue weighted by Crippen LogP contribution is 2.19. The van der Waals surface area contributed by atoms with Gasteiger partial charge in [0.25, 0.3) is 0 Å². The second-order valence-electron chi connectivity index (χ2n) is 2.47. The van der Waals surface area contributed by atoms with Gasteiger partial charge in [-0.1, -0.05) is 34.1 Å². The van der Waals surface area contributed by atoms with E-state index in [1.807, 2.05) is 0 Å². The van der Waals surface area contributed by atoms with Gasteiger partial charge in [-0.2, -0.15) is 0 Å². The van der Waals surface area contributed by atoms with Crippen LogP contribution < -0.4 is 5.14 Å². The van der Waals surface area contributed by atoms with Gasteiger partial charge in [-0.05, 0) is 25.0 Å². The summed E-state index contributed by atoms with van der Waals surface area (Å²) in [7, 11) is 0. The van der Waals surface area contributed by atoms with E-state index in [1.54, 1.807) is 0 Å². The van der Waals surface area contributed by atoms with Crippen molar-refractivity contribution < 1.29 is 8.76 Å². The molecule has 0 aromatic heterocycles. The lowest BCUT2D eigenvalue weighted by Gasteiger charge is -1.98. The van der Waals surface area contributed by atoms with Gasteiger partial charge in [0.1, 0.15) is 0 Å². The Balaban J connectivity index is 0.000000310. The van der Waals surface area contributed by atoms with Gasteiger partial charge in [0.15, 0.2) is 0 Å². The molecule has 2 N–H and O–H groups in total. The molecule has 1 atom stereocenters. The maximum Gasteiger partial charge on any atom is 0.0233 e. The Morgan fingerprint density at radius 1 is 1.38 bits per heavy atom. The van der Waals surface area contributed by atoms with Crippen molar-refractivity contribution in [3.05, 3.63) is 33.8 Å². The molecule has 0 spiro atoms. The largest absolute Gasteiger partial charge is 0.760 e. The van der Waals surface area contributed by atoms with Gasteiger partial charge < -0.3 is 4.55 Å². The Hall–Kier alpha value is -0.230. The molecule has 0 amide bonds. The number of hydrogen-bond acceptors (Lipinski definition) is 2.